The summed E-state index contributed by atoms with van der Waals surface area (Å²) in [4.78, 5) is 11.1. The second-order valence-corrected chi connectivity index (χ2v) is 3.19. The van der Waals surface area contributed by atoms with E-state index in [1.54, 1.807) is 6.92 Å². The average Bonchev–Trinajstić information content (AvgIpc) is 2.36. The van der Waals surface area contributed by atoms with Crippen molar-refractivity contribution in [2.24, 2.45) is 0 Å². The third-order valence-electron chi connectivity index (χ3n) is 1.87. The Bertz CT molecular complexity index is 231. The lowest BCUT2D eigenvalue weighted by Gasteiger charge is -2.21. The Labute approximate surface area is 72.5 Å². The summed E-state index contributed by atoms with van der Waals surface area (Å²) >= 11 is 0. The predicted octanol–water partition coefficient (Wildman–Crippen LogP) is 0.305. The van der Waals surface area contributed by atoms with Crippen molar-refractivity contribution in [2.45, 2.75) is 25.8 Å². The van der Waals surface area contributed by atoms with Crippen molar-refractivity contribution < 1.29 is 9.53 Å². The highest BCUT2D eigenvalue weighted by Crippen LogP contribution is 2.16. The molecule has 1 amide bonds. The third-order valence-corrected chi connectivity index (χ3v) is 1.87. The van der Waals surface area contributed by atoms with Gasteiger partial charge < -0.3 is 10.1 Å². The van der Waals surface area contributed by atoms with E-state index >= 15 is 0 Å². The predicted molar refractivity (Wildman–Crippen MR) is 45.4 cm³/mol. The summed E-state index contributed by atoms with van der Waals surface area (Å²) < 4.78 is 5.18. The molecule has 0 saturated carbocycles. The van der Waals surface area contributed by atoms with Gasteiger partial charge in [0.05, 0.1) is 12.1 Å². The molecule has 1 aliphatic rings. The zero-order valence-electron chi connectivity index (χ0n) is 7.44. The van der Waals surface area contributed by atoms with Crippen LogP contribution in [0.25, 0.3) is 0 Å². The molecule has 1 atom stereocenters. The highest BCUT2D eigenvalue weighted by molar-refractivity contribution is 5.93. The van der Waals surface area contributed by atoms with Crippen LogP contribution in [0, 0.1) is 11.8 Å². The molecule has 0 radical (unpaired) electrons. The Morgan fingerprint density at radius 1 is 1.67 bits per heavy atom. The minimum absolute atomic E-state index is 0.207. The van der Waals surface area contributed by atoms with Gasteiger partial charge in [0.1, 0.15) is 0 Å². The molecule has 1 saturated heterocycles. The molecular formula is C9H13NO2. The first-order chi connectivity index (χ1) is 5.66. The molecule has 3 nitrogen and oxygen atoms in total. The van der Waals surface area contributed by atoms with Gasteiger partial charge in [0.15, 0.2) is 0 Å². The quantitative estimate of drug-likeness (QED) is 0.571. The summed E-state index contributed by atoms with van der Waals surface area (Å²) in [5.74, 6) is 4.78. The van der Waals surface area contributed by atoms with Gasteiger partial charge in [-0.1, -0.05) is 5.92 Å². The normalized spacial score (nSPS) is 27.5. The Morgan fingerprint density at radius 3 is 2.92 bits per heavy atom. The monoisotopic (exact) mass is 167 g/mol. The van der Waals surface area contributed by atoms with E-state index in [9.17, 15) is 4.79 Å². The topological polar surface area (TPSA) is 38.3 Å². The first-order valence-corrected chi connectivity index (χ1v) is 3.99. The van der Waals surface area contributed by atoms with Crippen molar-refractivity contribution in [3.8, 4) is 11.8 Å². The van der Waals surface area contributed by atoms with Gasteiger partial charge in [-0.3, -0.25) is 4.79 Å². The maximum atomic E-state index is 11.1. The zero-order chi connectivity index (χ0) is 9.03. The average molecular weight is 167 g/mol. The minimum Gasteiger partial charge on any atom is -0.379 e. The van der Waals surface area contributed by atoms with E-state index in [1.807, 2.05) is 6.92 Å². The summed E-state index contributed by atoms with van der Waals surface area (Å²) in [7, 11) is 0. The minimum atomic E-state index is -0.217. The lowest BCUT2D eigenvalue weighted by atomic mass is 10.0. The second kappa shape index (κ2) is 3.59. The van der Waals surface area contributed by atoms with E-state index < -0.39 is 0 Å². The van der Waals surface area contributed by atoms with Gasteiger partial charge in [-0.2, -0.15) is 0 Å². The van der Waals surface area contributed by atoms with Crippen molar-refractivity contribution >= 4 is 5.91 Å². The molecule has 1 N–H and O–H groups in total. The van der Waals surface area contributed by atoms with Crippen LogP contribution >= 0.6 is 0 Å². The largest absolute Gasteiger partial charge is 0.379 e. The molecule has 12 heavy (non-hydrogen) atoms. The first kappa shape index (κ1) is 9.08. The summed E-state index contributed by atoms with van der Waals surface area (Å²) in [5, 5.41) is 2.82. The molecule has 0 bridgehead atoms. The number of carbonyl (C=O) groups is 1. The number of hydrogen-bond acceptors (Lipinski definition) is 2. The maximum Gasteiger partial charge on any atom is 0.296 e. The fourth-order valence-electron chi connectivity index (χ4n) is 1.18. The van der Waals surface area contributed by atoms with Crippen LogP contribution in [-0.4, -0.2) is 24.7 Å². The lowest BCUT2D eigenvalue weighted by Crippen LogP contribution is -2.45. The van der Waals surface area contributed by atoms with Crippen LogP contribution in [0.5, 0.6) is 0 Å². The van der Waals surface area contributed by atoms with Gasteiger partial charge in [0.2, 0.25) is 0 Å². The van der Waals surface area contributed by atoms with Crippen LogP contribution in [0.4, 0.5) is 0 Å². The highest BCUT2D eigenvalue weighted by Gasteiger charge is 2.30. The van der Waals surface area contributed by atoms with Crippen LogP contribution in [-0.2, 0) is 9.53 Å². The van der Waals surface area contributed by atoms with Gasteiger partial charge in [-0.15, -0.1) is 0 Å². The standard InChI is InChI=1S/C9H13NO2/c1-3-4-8(11)10-9(2)5-6-12-7-9/h5-7H2,1-2H3,(H,10,11). The van der Waals surface area contributed by atoms with E-state index in [-0.39, 0.29) is 11.4 Å². The summed E-state index contributed by atoms with van der Waals surface area (Å²) in [5.41, 5.74) is -0.207. The van der Waals surface area contributed by atoms with E-state index in [2.05, 4.69) is 17.2 Å². The molecule has 1 rings (SSSR count). The van der Waals surface area contributed by atoms with Crippen molar-refractivity contribution in [1.29, 1.82) is 0 Å². The number of nitrogens with one attached hydrogen (secondary N) is 1. The Kier molecular flexibility index (Phi) is 2.72. The fraction of sp³-hybridized carbons (Fsp3) is 0.667. The molecule has 66 valence electrons. The zero-order valence-corrected chi connectivity index (χ0v) is 7.44. The van der Waals surface area contributed by atoms with Gasteiger partial charge >= 0.3 is 0 Å². The molecule has 1 heterocycles. The molecule has 3 heteroatoms. The van der Waals surface area contributed by atoms with Crippen LogP contribution in [0.1, 0.15) is 20.3 Å². The molecule has 1 aliphatic heterocycles. The molecule has 0 spiro atoms. The Balaban J connectivity index is 2.47. The number of rotatable bonds is 1. The smallest absolute Gasteiger partial charge is 0.296 e. The van der Waals surface area contributed by atoms with Crippen LogP contribution in [0.15, 0.2) is 0 Å². The SMILES string of the molecule is CC#CC(=O)NC1(C)CCOC1. The van der Waals surface area contributed by atoms with Gasteiger partial charge in [0, 0.05) is 6.61 Å². The van der Waals surface area contributed by atoms with E-state index in [0.29, 0.717) is 6.61 Å². The maximum absolute atomic E-state index is 11.1. The first-order valence-electron chi connectivity index (χ1n) is 3.99. The fourth-order valence-corrected chi connectivity index (χ4v) is 1.18. The third kappa shape index (κ3) is 2.24. The molecule has 1 unspecified atom stereocenters. The van der Waals surface area contributed by atoms with E-state index in [4.69, 9.17) is 4.74 Å². The van der Waals surface area contributed by atoms with Crippen molar-refractivity contribution in [3.05, 3.63) is 0 Å². The van der Waals surface area contributed by atoms with Gasteiger partial charge in [0.25, 0.3) is 5.91 Å². The molecule has 0 aromatic rings. The number of ether oxygens (including phenoxy) is 1. The number of carbonyl (C=O) groups excluding carboxylic acids is 1. The van der Waals surface area contributed by atoms with Crippen molar-refractivity contribution in [1.82, 2.24) is 5.32 Å². The Morgan fingerprint density at radius 2 is 2.42 bits per heavy atom. The van der Waals surface area contributed by atoms with Gasteiger partial charge in [-0.05, 0) is 26.2 Å². The number of hydrogen-bond donors (Lipinski definition) is 1. The highest BCUT2D eigenvalue weighted by atomic mass is 16.5. The number of amides is 1. The summed E-state index contributed by atoms with van der Waals surface area (Å²) in [6, 6.07) is 0. The molecule has 0 aromatic heterocycles. The Hall–Kier alpha value is -1.01. The molecule has 0 aromatic carbocycles. The van der Waals surface area contributed by atoms with Crippen LogP contribution in [0.3, 0.4) is 0 Å². The van der Waals surface area contributed by atoms with Crippen molar-refractivity contribution in [3.63, 3.8) is 0 Å². The van der Waals surface area contributed by atoms with Crippen LogP contribution < -0.4 is 5.32 Å². The van der Waals surface area contributed by atoms with Crippen molar-refractivity contribution in [2.75, 3.05) is 13.2 Å². The van der Waals surface area contributed by atoms with E-state index in [1.165, 1.54) is 0 Å². The molecular weight excluding hydrogens is 154 g/mol. The molecule has 1 fully saturated rings. The van der Waals surface area contributed by atoms with E-state index in [0.717, 1.165) is 13.0 Å². The summed E-state index contributed by atoms with van der Waals surface area (Å²) in [6.45, 7) is 4.92. The molecule has 0 aliphatic carbocycles. The lowest BCUT2D eigenvalue weighted by molar-refractivity contribution is -0.117. The summed E-state index contributed by atoms with van der Waals surface area (Å²) in [6.07, 6.45) is 0.865. The second-order valence-electron chi connectivity index (χ2n) is 3.19. The van der Waals surface area contributed by atoms with Crippen LogP contribution in [0.2, 0.25) is 0 Å². The van der Waals surface area contributed by atoms with Gasteiger partial charge in [-0.25, -0.2) is 0 Å².